The van der Waals surface area contributed by atoms with E-state index in [9.17, 15) is 4.79 Å². The van der Waals surface area contributed by atoms with Crippen molar-refractivity contribution in [3.63, 3.8) is 0 Å². The highest BCUT2D eigenvalue weighted by Crippen LogP contribution is 2.34. The van der Waals surface area contributed by atoms with Gasteiger partial charge in [-0.1, -0.05) is 59.9 Å². The summed E-state index contributed by atoms with van der Waals surface area (Å²) >= 11 is 6.93. The maximum Gasteiger partial charge on any atom is 0.261 e. The molecule has 5 aromatic rings. The highest BCUT2D eigenvalue weighted by molar-refractivity contribution is 7.80. The molecule has 0 saturated carbocycles. The summed E-state index contributed by atoms with van der Waals surface area (Å²) in [5.41, 5.74) is 2.96. The van der Waals surface area contributed by atoms with Crippen LogP contribution in [-0.2, 0) is 4.74 Å². The van der Waals surface area contributed by atoms with Gasteiger partial charge in [-0.3, -0.25) is 15.0 Å². The number of carbonyl (C=O) groups is 1. The van der Waals surface area contributed by atoms with Crippen molar-refractivity contribution in [3.8, 4) is 5.75 Å². The summed E-state index contributed by atoms with van der Waals surface area (Å²) in [6.07, 6.45) is 1.93. The normalized spacial score (nSPS) is 13.6. The number of carbonyl (C=O) groups excluding carboxylic acids is 1. The van der Waals surface area contributed by atoms with Crippen LogP contribution >= 0.6 is 23.6 Å². The summed E-state index contributed by atoms with van der Waals surface area (Å²) < 4.78 is 12.5. The number of ether oxygens (including phenoxy) is 2. The van der Waals surface area contributed by atoms with E-state index in [0.29, 0.717) is 28.2 Å². The first kappa shape index (κ1) is 29.0. The fourth-order valence-electron chi connectivity index (χ4n) is 5.03. The molecule has 0 atom stereocenters. The molecule has 0 bridgehead atoms. The zero-order chi connectivity index (χ0) is 29.4. The largest absolute Gasteiger partial charge is 0.493 e. The summed E-state index contributed by atoms with van der Waals surface area (Å²) in [7, 11) is 0. The lowest BCUT2D eigenvalue weighted by atomic mass is 10.1. The number of aromatic nitrogens is 1. The molecule has 1 aliphatic rings. The van der Waals surface area contributed by atoms with Crippen molar-refractivity contribution in [2.75, 3.05) is 55.4 Å². The van der Waals surface area contributed by atoms with Crippen LogP contribution in [-0.4, -0.2) is 60.4 Å². The smallest absolute Gasteiger partial charge is 0.261 e. The quantitative estimate of drug-likeness (QED) is 0.115. The molecule has 0 aliphatic carbocycles. The summed E-state index contributed by atoms with van der Waals surface area (Å²) in [4.78, 5) is 20.7. The second kappa shape index (κ2) is 13.9. The molecule has 0 spiro atoms. The van der Waals surface area contributed by atoms with Crippen molar-refractivity contribution < 1.29 is 14.3 Å². The monoisotopic (exact) mass is 611 g/mol. The molecule has 4 aromatic carbocycles. The molecule has 8 nitrogen and oxygen atoms in total. The Kier molecular flexibility index (Phi) is 9.39. The third-order valence-corrected chi connectivity index (χ3v) is 8.46. The lowest BCUT2D eigenvalue weighted by Gasteiger charge is -2.26. The highest BCUT2D eigenvalue weighted by Gasteiger charge is 2.18. The number of unbranched alkanes of at least 4 members (excludes halogenated alkanes) is 1. The van der Waals surface area contributed by atoms with Gasteiger partial charge in [-0.25, -0.2) is 4.98 Å². The van der Waals surface area contributed by atoms with E-state index in [2.05, 4.69) is 25.8 Å². The van der Waals surface area contributed by atoms with Gasteiger partial charge in [0.1, 0.15) is 5.75 Å². The number of anilines is 3. The van der Waals surface area contributed by atoms with E-state index in [1.165, 1.54) is 11.3 Å². The molecular formula is C33H33N5O3S2. The molecule has 1 aliphatic heterocycles. The third kappa shape index (κ3) is 7.47. The molecule has 6 rings (SSSR count). The number of hydrogen-bond donors (Lipinski definition) is 3. The number of nitrogens with one attached hydrogen (secondary N) is 3. The predicted octanol–water partition coefficient (Wildman–Crippen LogP) is 7.00. The molecule has 0 unspecified atom stereocenters. The molecule has 1 fully saturated rings. The highest BCUT2D eigenvalue weighted by atomic mass is 32.1. The van der Waals surface area contributed by atoms with E-state index in [-0.39, 0.29) is 5.91 Å². The van der Waals surface area contributed by atoms with Gasteiger partial charge in [-0.05, 0) is 78.8 Å². The van der Waals surface area contributed by atoms with Crippen LogP contribution in [0.4, 0.5) is 16.5 Å². The second-order valence-electron chi connectivity index (χ2n) is 10.3. The molecule has 3 N–H and O–H groups in total. The number of amides is 1. The van der Waals surface area contributed by atoms with Crippen LogP contribution in [0, 0.1) is 0 Å². The molecule has 1 aromatic heterocycles. The Bertz CT molecular complexity index is 1720. The van der Waals surface area contributed by atoms with Gasteiger partial charge >= 0.3 is 0 Å². The first-order valence-corrected chi connectivity index (χ1v) is 15.6. The number of para-hydroxylation sites is 1. The lowest BCUT2D eigenvalue weighted by molar-refractivity contribution is 0.0368. The van der Waals surface area contributed by atoms with E-state index in [1.54, 1.807) is 0 Å². The van der Waals surface area contributed by atoms with Crippen LogP contribution < -0.4 is 20.7 Å². The van der Waals surface area contributed by atoms with Crippen molar-refractivity contribution >= 4 is 72.1 Å². The van der Waals surface area contributed by atoms with Gasteiger partial charge in [0.25, 0.3) is 5.91 Å². The molecular weight excluding hydrogens is 579 g/mol. The van der Waals surface area contributed by atoms with E-state index >= 15 is 0 Å². The number of thiazole rings is 1. The number of rotatable bonds is 10. The Morgan fingerprint density at radius 1 is 0.907 bits per heavy atom. The van der Waals surface area contributed by atoms with Crippen LogP contribution in [0.15, 0.2) is 84.9 Å². The van der Waals surface area contributed by atoms with E-state index in [0.717, 1.165) is 78.1 Å². The minimum absolute atomic E-state index is 0.260. The first-order valence-electron chi connectivity index (χ1n) is 14.4. The summed E-state index contributed by atoms with van der Waals surface area (Å²) in [5.74, 6) is 0.312. The number of morpholine rings is 1. The Balaban J connectivity index is 1.15. The van der Waals surface area contributed by atoms with Crippen molar-refractivity contribution in [3.05, 3.63) is 90.5 Å². The maximum absolute atomic E-state index is 13.6. The van der Waals surface area contributed by atoms with E-state index in [1.807, 2.05) is 84.9 Å². The van der Waals surface area contributed by atoms with Gasteiger partial charge in [0.15, 0.2) is 10.2 Å². The van der Waals surface area contributed by atoms with Crippen molar-refractivity contribution in [2.24, 2.45) is 0 Å². The van der Waals surface area contributed by atoms with Gasteiger partial charge in [-0.2, -0.15) is 0 Å². The molecule has 2 heterocycles. The van der Waals surface area contributed by atoms with Gasteiger partial charge in [0, 0.05) is 18.8 Å². The molecule has 1 amide bonds. The Morgan fingerprint density at radius 3 is 2.49 bits per heavy atom. The third-order valence-electron chi connectivity index (χ3n) is 7.24. The van der Waals surface area contributed by atoms with Crippen molar-refractivity contribution in [1.29, 1.82) is 0 Å². The minimum atomic E-state index is -0.260. The maximum atomic E-state index is 13.6. The molecule has 220 valence electrons. The van der Waals surface area contributed by atoms with Gasteiger partial charge in [0.05, 0.1) is 41.3 Å². The number of nitrogens with zero attached hydrogens (tertiary/aromatic N) is 2. The van der Waals surface area contributed by atoms with Crippen molar-refractivity contribution in [1.82, 2.24) is 9.88 Å². The summed E-state index contributed by atoms with van der Waals surface area (Å²) in [5, 5.41) is 12.4. The number of thiocarbonyl (C=S) groups is 1. The van der Waals surface area contributed by atoms with Gasteiger partial charge in [-0.15, -0.1) is 0 Å². The van der Waals surface area contributed by atoms with Crippen LogP contribution in [0.1, 0.15) is 23.2 Å². The van der Waals surface area contributed by atoms with E-state index in [4.69, 9.17) is 21.7 Å². The van der Waals surface area contributed by atoms with E-state index < -0.39 is 0 Å². The van der Waals surface area contributed by atoms with Crippen molar-refractivity contribution in [2.45, 2.75) is 12.8 Å². The van der Waals surface area contributed by atoms with Gasteiger partial charge < -0.3 is 20.1 Å². The Hall–Kier alpha value is -4.09. The second-order valence-corrected chi connectivity index (χ2v) is 11.7. The molecule has 10 heteroatoms. The predicted molar refractivity (Wildman–Crippen MR) is 180 cm³/mol. The fraction of sp³-hybridized carbons (Fsp3) is 0.242. The molecule has 0 radical (unpaired) electrons. The summed E-state index contributed by atoms with van der Waals surface area (Å²) in [6.45, 7) is 5.14. The number of hydrogen-bond acceptors (Lipinski definition) is 7. The average Bonchev–Trinajstić information content (AvgIpc) is 3.45. The topological polar surface area (TPSA) is 87.8 Å². The van der Waals surface area contributed by atoms with Crippen LogP contribution in [0.5, 0.6) is 5.75 Å². The standard InChI is InChI=1S/C33H33N5O3S2/c39-31(37-33-36-28-14-8-13-27(30(28)43-33)35-32(42)34-25-11-2-1-3-12-25)26-21-23-9-4-5-10-24(23)22-29(26)41-18-7-6-15-38-16-19-40-20-17-38/h1-5,8-14,21-22H,6-7,15-20H2,(H2,34,35,42)(H,36,37,39). The fourth-order valence-corrected chi connectivity index (χ4v) is 6.19. The summed E-state index contributed by atoms with van der Waals surface area (Å²) in [6, 6.07) is 27.3. The molecule has 1 saturated heterocycles. The van der Waals surface area contributed by atoms with Crippen LogP contribution in [0.25, 0.3) is 21.0 Å². The van der Waals surface area contributed by atoms with Crippen LogP contribution in [0.2, 0.25) is 0 Å². The molecule has 43 heavy (non-hydrogen) atoms. The van der Waals surface area contributed by atoms with Crippen LogP contribution in [0.3, 0.4) is 0 Å². The SMILES string of the molecule is O=C(Nc1nc2cccc(NC(=S)Nc3ccccc3)c2s1)c1cc2ccccc2cc1OCCCCN1CCOCC1. The zero-order valence-electron chi connectivity index (χ0n) is 23.7. The first-order chi connectivity index (χ1) is 21.1. The number of benzene rings is 4. The van der Waals surface area contributed by atoms with Gasteiger partial charge in [0.2, 0.25) is 0 Å². The lowest BCUT2D eigenvalue weighted by Crippen LogP contribution is -2.36. The zero-order valence-corrected chi connectivity index (χ0v) is 25.3. The average molecular weight is 612 g/mol. The minimum Gasteiger partial charge on any atom is -0.493 e. The Labute approximate surface area is 260 Å². The number of fused-ring (bicyclic) bond motifs is 2. The Morgan fingerprint density at radius 2 is 1.67 bits per heavy atom.